The third kappa shape index (κ3) is 4.26. The first-order valence-corrected chi connectivity index (χ1v) is 10.7. The van der Waals surface area contributed by atoms with Gasteiger partial charge in [0.15, 0.2) is 5.54 Å². The Balaban J connectivity index is 1.62. The van der Waals surface area contributed by atoms with Crippen LogP contribution in [0.25, 0.3) is 11.3 Å². The van der Waals surface area contributed by atoms with Crippen LogP contribution >= 0.6 is 0 Å². The van der Waals surface area contributed by atoms with Crippen LogP contribution in [0.4, 0.5) is 22.0 Å². The highest BCUT2D eigenvalue weighted by atomic mass is 19.4. The Kier molecular flexibility index (Phi) is 6.02. The minimum atomic E-state index is -4.66. The summed E-state index contributed by atoms with van der Waals surface area (Å²) in [5.74, 6) is -1.45. The topological polar surface area (TPSA) is 61.3 Å². The number of rotatable bonds is 6. The van der Waals surface area contributed by atoms with Crippen LogP contribution in [0.2, 0.25) is 0 Å². The Morgan fingerprint density at radius 1 is 1.21 bits per heavy atom. The van der Waals surface area contributed by atoms with Gasteiger partial charge in [-0.25, -0.2) is 8.78 Å². The Hall–Kier alpha value is -3.17. The maximum atomic E-state index is 15.0. The molecule has 3 atom stereocenters. The second kappa shape index (κ2) is 8.64. The number of hydrogen-bond acceptors (Lipinski definition) is 5. The molecule has 0 radical (unpaired) electrons. The maximum Gasteiger partial charge on any atom is 0.417 e. The summed E-state index contributed by atoms with van der Waals surface area (Å²) in [7, 11) is 0. The van der Waals surface area contributed by atoms with Crippen molar-refractivity contribution >= 4 is 6.21 Å². The molecule has 0 saturated carbocycles. The molecule has 2 aromatic rings. The van der Waals surface area contributed by atoms with Gasteiger partial charge in [-0.1, -0.05) is 6.92 Å². The van der Waals surface area contributed by atoms with Crippen molar-refractivity contribution in [1.82, 2.24) is 21.0 Å². The van der Waals surface area contributed by atoms with E-state index in [1.165, 1.54) is 6.07 Å². The van der Waals surface area contributed by atoms with E-state index in [4.69, 9.17) is 0 Å². The van der Waals surface area contributed by atoms with Gasteiger partial charge in [-0.3, -0.25) is 10.4 Å². The summed E-state index contributed by atoms with van der Waals surface area (Å²) in [4.78, 5) is 4.00. The molecule has 176 valence electrons. The lowest BCUT2D eigenvalue weighted by atomic mass is 9.87. The highest BCUT2D eigenvalue weighted by Crippen LogP contribution is 2.43. The van der Waals surface area contributed by atoms with Crippen molar-refractivity contribution in [2.45, 2.75) is 56.9 Å². The van der Waals surface area contributed by atoms with Crippen molar-refractivity contribution in [3.63, 3.8) is 0 Å². The number of hydrogen-bond donors (Lipinski definition) is 3. The largest absolute Gasteiger partial charge is 0.417 e. The molecule has 0 spiro atoms. The molecular weight excluding hydrogens is 441 g/mol. The molecule has 0 aliphatic carbocycles. The second-order valence-electron chi connectivity index (χ2n) is 8.33. The van der Waals surface area contributed by atoms with E-state index < -0.39 is 35.8 Å². The predicted molar refractivity (Wildman–Crippen MR) is 115 cm³/mol. The van der Waals surface area contributed by atoms with Crippen LogP contribution in [0, 0.1) is 11.6 Å². The first-order valence-electron chi connectivity index (χ1n) is 10.7. The Morgan fingerprint density at radius 3 is 2.64 bits per heavy atom. The fraction of sp³-hybridized carbons (Fsp3) is 0.391. The molecule has 0 fully saturated rings. The number of aromatic nitrogens is 1. The Labute approximate surface area is 188 Å². The zero-order valence-electron chi connectivity index (χ0n) is 18.1. The summed E-state index contributed by atoms with van der Waals surface area (Å²) in [5.41, 5.74) is 0.222. The highest BCUT2D eigenvalue weighted by Gasteiger charge is 2.57. The minimum Gasteiger partial charge on any atom is -0.386 e. The molecular formula is C23H24F5N5. The normalized spacial score (nSPS) is 23.1. The standard InChI is InChI=1S/C23H24F5N5/c1-3-15-9-16(12-30-15)32-13(2)17-10-20(25)18(11-19(17)24)21-8-14(4-6-29-21)22(23(26,27)28)5-7-31-33-22/h4,6-8,10-13,15,30,32-33H,3,5,9H2,1-2H3/t13-,15?,22?/m0/s1. The summed E-state index contributed by atoms with van der Waals surface area (Å²) in [6, 6.07) is 4.15. The van der Waals surface area contributed by atoms with Crippen LogP contribution in [0.1, 0.15) is 50.3 Å². The van der Waals surface area contributed by atoms with Gasteiger partial charge in [0.25, 0.3) is 0 Å². The van der Waals surface area contributed by atoms with Gasteiger partial charge in [-0.15, -0.1) is 0 Å². The summed E-state index contributed by atoms with van der Waals surface area (Å²) in [5, 5.41) is 9.93. The predicted octanol–water partition coefficient (Wildman–Crippen LogP) is 5.03. The summed E-state index contributed by atoms with van der Waals surface area (Å²) in [6.45, 7) is 3.77. The Morgan fingerprint density at radius 2 is 2.00 bits per heavy atom. The molecule has 0 amide bonds. The molecule has 5 nitrogen and oxygen atoms in total. The number of nitrogens with one attached hydrogen (secondary N) is 3. The van der Waals surface area contributed by atoms with E-state index in [1.807, 2.05) is 6.20 Å². The van der Waals surface area contributed by atoms with E-state index in [0.29, 0.717) is 6.04 Å². The average molecular weight is 465 g/mol. The molecule has 3 N–H and O–H groups in total. The van der Waals surface area contributed by atoms with Gasteiger partial charge in [-0.2, -0.15) is 18.3 Å². The number of pyridine rings is 1. The molecule has 2 aliphatic heterocycles. The quantitative estimate of drug-likeness (QED) is 0.524. The van der Waals surface area contributed by atoms with Gasteiger partial charge < -0.3 is 10.6 Å². The van der Waals surface area contributed by atoms with E-state index in [0.717, 1.165) is 49.1 Å². The fourth-order valence-corrected chi connectivity index (χ4v) is 4.16. The summed E-state index contributed by atoms with van der Waals surface area (Å²) in [6.07, 6.45) is 0.752. The lowest BCUT2D eigenvalue weighted by Gasteiger charge is -2.31. The molecule has 3 heterocycles. The van der Waals surface area contributed by atoms with Gasteiger partial charge in [0, 0.05) is 54.3 Å². The molecule has 1 aromatic heterocycles. The third-order valence-electron chi connectivity index (χ3n) is 6.16. The van der Waals surface area contributed by atoms with E-state index in [1.54, 1.807) is 6.92 Å². The number of nitrogens with zero attached hydrogens (tertiary/aromatic N) is 2. The first kappa shape index (κ1) is 23.0. The molecule has 33 heavy (non-hydrogen) atoms. The zero-order valence-corrected chi connectivity index (χ0v) is 18.1. The molecule has 0 saturated heterocycles. The molecule has 1 aromatic carbocycles. The van der Waals surface area contributed by atoms with Crippen LogP contribution in [0.3, 0.4) is 0 Å². The van der Waals surface area contributed by atoms with Gasteiger partial charge in [-0.05, 0) is 43.2 Å². The van der Waals surface area contributed by atoms with E-state index >= 15 is 4.39 Å². The van der Waals surface area contributed by atoms with Crippen LogP contribution < -0.4 is 16.1 Å². The third-order valence-corrected chi connectivity index (χ3v) is 6.16. The average Bonchev–Trinajstić information content (AvgIpc) is 3.45. The van der Waals surface area contributed by atoms with Crippen molar-refractivity contribution in [1.29, 1.82) is 0 Å². The van der Waals surface area contributed by atoms with Crippen LogP contribution in [0.15, 0.2) is 47.5 Å². The smallest absolute Gasteiger partial charge is 0.386 e. The van der Waals surface area contributed by atoms with Crippen molar-refractivity contribution in [3.8, 4) is 11.3 Å². The SMILES string of the molecule is CCC1CC(N[C@@H](C)c2cc(F)c(-c3cc(C4(C(F)(F)F)CC=NN4)ccn3)cc2F)=CN1. The molecule has 10 heteroatoms. The van der Waals surface area contributed by atoms with Crippen LogP contribution in [0.5, 0.6) is 0 Å². The lowest BCUT2D eigenvalue weighted by molar-refractivity contribution is -0.196. The van der Waals surface area contributed by atoms with Crippen molar-refractivity contribution in [3.05, 3.63) is 65.1 Å². The molecule has 2 aliphatic rings. The van der Waals surface area contributed by atoms with Gasteiger partial charge in [0.1, 0.15) is 11.6 Å². The monoisotopic (exact) mass is 465 g/mol. The lowest BCUT2D eigenvalue weighted by Crippen LogP contribution is -2.49. The molecule has 0 bridgehead atoms. The van der Waals surface area contributed by atoms with Crippen molar-refractivity contribution < 1.29 is 22.0 Å². The molecule has 4 rings (SSSR count). The summed E-state index contributed by atoms with van der Waals surface area (Å²) < 4.78 is 71.5. The number of hydrazone groups is 1. The summed E-state index contributed by atoms with van der Waals surface area (Å²) >= 11 is 0. The van der Waals surface area contributed by atoms with Crippen LogP contribution in [-0.4, -0.2) is 23.4 Å². The van der Waals surface area contributed by atoms with Crippen molar-refractivity contribution in [2.75, 3.05) is 0 Å². The van der Waals surface area contributed by atoms with Crippen molar-refractivity contribution in [2.24, 2.45) is 5.10 Å². The second-order valence-corrected chi connectivity index (χ2v) is 8.33. The van der Waals surface area contributed by atoms with E-state index in [-0.39, 0.29) is 22.4 Å². The van der Waals surface area contributed by atoms with E-state index in [2.05, 4.69) is 33.1 Å². The number of benzene rings is 1. The Bertz CT molecular complexity index is 1090. The fourth-order valence-electron chi connectivity index (χ4n) is 4.16. The maximum absolute atomic E-state index is 15.0. The first-order chi connectivity index (χ1) is 15.6. The number of halogens is 5. The van der Waals surface area contributed by atoms with Gasteiger partial charge in [0.2, 0.25) is 0 Å². The molecule has 2 unspecified atom stereocenters. The van der Waals surface area contributed by atoms with Gasteiger partial charge in [0.05, 0.1) is 11.7 Å². The van der Waals surface area contributed by atoms with Gasteiger partial charge >= 0.3 is 6.18 Å². The zero-order chi connectivity index (χ0) is 23.8. The van der Waals surface area contributed by atoms with Crippen LogP contribution in [-0.2, 0) is 5.54 Å². The van der Waals surface area contributed by atoms with E-state index in [9.17, 15) is 17.6 Å². The number of alkyl halides is 3. The highest BCUT2D eigenvalue weighted by molar-refractivity contribution is 5.65. The minimum absolute atomic E-state index is 0.0955.